The highest BCUT2D eigenvalue weighted by atomic mass is 32.1. The summed E-state index contributed by atoms with van der Waals surface area (Å²) in [6.45, 7) is 4.32. The van der Waals surface area contributed by atoms with Gasteiger partial charge in [0.15, 0.2) is 5.13 Å². The smallest absolute Gasteiger partial charge is 0.182 e. The van der Waals surface area contributed by atoms with Gasteiger partial charge in [-0.05, 0) is 50.3 Å². The van der Waals surface area contributed by atoms with Crippen molar-refractivity contribution in [2.75, 3.05) is 12.4 Å². The third kappa shape index (κ3) is 2.02. The van der Waals surface area contributed by atoms with E-state index in [1.165, 1.54) is 39.8 Å². The van der Waals surface area contributed by atoms with Crippen molar-refractivity contribution in [2.45, 2.75) is 33.1 Å². The molecule has 0 atom stereocenters. The Morgan fingerprint density at radius 1 is 1.14 bits per heavy atom. The molecule has 1 N–H and O–H groups in total. The largest absolute Gasteiger partial charge is 0.365 e. The quantitative estimate of drug-likeness (QED) is 0.757. The number of nitrogens with one attached hydrogen (secondary N) is 1. The first-order valence-electron chi connectivity index (χ1n) is 7.73. The van der Waals surface area contributed by atoms with Gasteiger partial charge in [-0.25, -0.2) is 4.98 Å². The molecule has 0 unspecified atom stereocenters. The molecule has 0 aliphatic heterocycles. The second-order valence-corrected chi connectivity index (χ2v) is 6.89. The van der Waals surface area contributed by atoms with Gasteiger partial charge in [0.05, 0.1) is 11.2 Å². The zero-order chi connectivity index (χ0) is 15.3. The Morgan fingerprint density at radius 2 is 2.00 bits per heavy atom. The van der Waals surface area contributed by atoms with Crippen LogP contribution in [0.1, 0.15) is 28.8 Å². The van der Waals surface area contributed by atoms with E-state index in [1.807, 2.05) is 7.05 Å². The summed E-state index contributed by atoms with van der Waals surface area (Å²) >= 11 is 1.66. The van der Waals surface area contributed by atoms with Gasteiger partial charge < -0.3 is 5.32 Å². The molecule has 112 valence electrons. The number of pyridine rings is 1. The number of benzene rings is 1. The van der Waals surface area contributed by atoms with Crippen molar-refractivity contribution in [1.29, 1.82) is 0 Å². The van der Waals surface area contributed by atoms with Gasteiger partial charge in [-0.1, -0.05) is 11.6 Å². The minimum atomic E-state index is 0.969. The van der Waals surface area contributed by atoms with Crippen molar-refractivity contribution in [3.8, 4) is 11.3 Å². The lowest BCUT2D eigenvalue weighted by molar-refractivity contribution is 0.901. The van der Waals surface area contributed by atoms with Gasteiger partial charge in [0.2, 0.25) is 0 Å². The number of fused-ring (bicyclic) bond motifs is 2. The molecule has 4 rings (SSSR count). The highest BCUT2D eigenvalue weighted by Crippen LogP contribution is 2.39. The average molecular weight is 309 g/mol. The van der Waals surface area contributed by atoms with E-state index in [9.17, 15) is 0 Å². The minimum Gasteiger partial charge on any atom is -0.365 e. The first-order valence-corrected chi connectivity index (χ1v) is 8.61. The summed E-state index contributed by atoms with van der Waals surface area (Å²) in [5.41, 5.74) is 8.76. The fraction of sp³-hybridized carbons (Fsp3) is 0.333. The first kappa shape index (κ1) is 13.7. The maximum absolute atomic E-state index is 4.97. The second-order valence-electron chi connectivity index (χ2n) is 6.03. The standard InChI is InChI=1S/C18H19N3S/c1-10-7-11(2)17-13(8-10)16(12-5-4-6-14(12)20-17)15-9-22-18(19-3)21-15/h7-9H,4-6H2,1-3H3,(H,19,21). The van der Waals surface area contributed by atoms with Crippen LogP contribution in [0.3, 0.4) is 0 Å². The lowest BCUT2D eigenvalue weighted by Gasteiger charge is -2.13. The summed E-state index contributed by atoms with van der Waals surface area (Å²) in [4.78, 5) is 9.74. The summed E-state index contributed by atoms with van der Waals surface area (Å²) in [6, 6.07) is 4.49. The Bertz CT molecular complexity index is 880. The number of aromatic nitrogens is 2. The zero-order valence-electron chi connectivity index (χ0n) is 13.2. The van der Waals surface area contributed by atoms with E-state index in [1.54, 1.807) is 11.3 Å². The monoisotopic (exact) mass is 309 g/mol. The first-order chi connectivity index (χ1) is 10.7. The number of nitrogens with zero attached hydrogens (tertiary/aromatic N) is 2. The molecule has 22 heavy (non-hydrogen) atoms. The molecule has 0 spiro atoms. The van der Waals surface area contributed by atoms with E-state index >= 15 is 0 Å². The van der Waals surface area contributed by atoms with E-state index in [4.69, 9.17) is 9.97 Å². The molecule has 0 bridgehead atoms. The topological polar surface area (TPSA) is 37.8 Å². The fourth-order valence-electron chi connectivity index (χ4n) is 3.51. The Labute approximate surface area is 134 Å². The lowest BCUT2D eigenvalue weighted by atomic mass is 9.96. The van der Waals surface area contributed by atoms with E-state index in [-0.39, 0.29) is 0 Å². The van der Waals surface area contributed by atoms with Crippen molar-refractivity contribution in [3.05, 3.63) is 39.9 Å². The molecule has 2 heterocycles. The number of anilines is 1. The van der Waals surface area contributed by atoms with E-state index in [2.05, 4.69) is 36.7 Å². The van der Waals surface area contributed by atoms with Crippen LogP contribution in [0.5, 0.6) is 0 Å². The molecule has 0 radical (unpaired) electrons. The molecule has 0 saturated carbocycles. The Balaban J connectivity index is 2.10. The van der Waals surface area contributed by atoms with Gasteiger partial charge in [0.1, 0.15) is 0 Å². The van der Waals surface area contributed by atoms with Crippen LogP contribution < -0.4 is 5.32 Å². The molecule has 3 aromatic rings. The summed E-state index contributed by atoms with van der Waals surface area (Å²) < 4.78 is 0. The van der Waals surface area contributed by atoms with Crippen molar-refractivity contribution < 1.29 is 0 Å². The maximum Gasteiger partial charge on any atom is 0.182 e. The van der Waals surface area contributed by atoms with Crippen LogP contribution in [0, 0.1) is 13.8 Å². The molecular formula is C18H19N3S. The maximum atomic E-state index is 4.97. The number of thiazole rings is 1. The predicted molar refractivity (Wildman–Crippen MR) is 93.9 cm³/mol. The van der Waals surface area contributed by atoms with Crippen LogP contribution in [0.15, 0.2) is 17.5 Å². The molecule has 0 fully saturated rings. The molecule has 0 saturated heterocycles. The summed E-state index contributed by atoms with van der Waals surface area (Å²) in [5.74, 6) is 0. The Kier molecular flexibility index (Phi) is 3.15. The van der Waals surface area contributed by atoms with Gasteiger partial charge >= 0.3 is 0 Å². The zero-order valence-corrected chi connectivity index (χ0v) is 14.0. The number of rotatable bonds is 2. The summed E-state index contributed by atoms with van der Waals surface area (Å²) in [5, 5.41) is 7.54. The summed E-state index contributed by atoms with van der Waals surface area (Å²) in [7, 11) is 1.92. The van der Waals surface area contributed by atoms with Crippen LogP contribution >= 0.6 is 11.3 Å². The molecule has 4 heteroatoms. The third-order valence-electron chi connectivity index (χ3n) is 4.43. The summed E-state index contributed by atoms with van der Waals surface area (Å²) in [6.07, 6.45) is 3.41. The van der Waals surface area contributed by atoms with Crippen molar-refractivity contribution >= 4 is 27.4 Å². The van der Waals surface area contributed by atoms with Crippen LogP contribution in [-0.2, 0) is 12.8 Å². The van der Waals surface area contributed by atoms with Crippen molar-refractivity contribution in [2.24, 2.45) is 0 Å². The van der Waals surface area contributed by atoms with Crippen molar-refractivity contribution in [1.82, 2.24) is 9.97 Å². The highest BCUT2D eigenvalue weighted by molar-refractivity contribution is 7.14. The van der Waals surface area contributed by atoms with Crippen LogP contribution in [-0.4, -0.2) is 17.0 Å². The molecule has 2 aromatic heterocycles. The molecule has 3 nitrogen and oxygen atoms in total. The molecule has 1 aliphatic rings. The van der Waals surface area contributed by atoms with Gasteiger partial charge in [0, 0.05) is 29.1 Å². The van der Waals surface area contributed by atoms with E-state index in [0.29, 0.717) is 0 Å². The number of hydrogen-bond donors (Lipinski definition) is 1. The fourth-order valence-corrected chi connectivity index (χ4v) is 4.18. The minimum absolute atomic E-state index is 0.969. The second kappa shape index (κ2) is 5.06. The predicted octanol–water partition coefficient (Wildman–Crippen LogP) is 4.51. The number of hydrogen-bond acceptors (Lipinski definition) is 4. The van der Waals surface area contributed by atoms with Gasteiger partial charge in [0.25, 0.3) is 0 Å². The van der Waals surface area contributed by atoms with Gasteiger partial charge in [-0.15, -0.1) is 11.3 Å². The Hall–Kier alpha value is -1.94. The van der Waals surface area contributed by atoms with Crippen LogP contribution in [0.25, 0.3) is 22.2 Å². The average Bonchev–Trinajstić information content (AvgIpc) is 3.13. The normalized spacial score (nSPS) is 13.6. The van der Waals surface area contributed by atoms with Gasteiger partial charge in [-0.2, -0.15) is 0 Å². The number of aryl methyl sites for hydroxylation is 3. The van der Waals surface area contributed by atoms with Crippen LogP contribution in [0.4, 0.5) is 5.13 Å². The molecule has 1 aromatic carbocycles. The molecule has 0 amide bonds. The van der Waals surface area contributed by atoms with Gasteiger partial charge in [-0.3, -0.25) is 4.98 Å². The SMILES string of the molecule is CNc1nc(-c2c3c(nc4c(C)cc(C)cc24)CCC3)cs1. The van der Waals surface area contributed by atoms with E-state index < -0.39 is 0 Å². The third-order valence-corrected chi connectivity index (χ3v) is 5.29. The van der Waals surface area contributed by atoms with E-state index in [0.717, 1.165) is 29.2 Å². The highest BCUT2D eigenvalue weighted by Gasteiger charge is 2.22. The lowest BCUT2D eigenvalue weighted by Crippen LogP contribution is -1.98. The molecular weight excluding hydrogens is 290 g/mol. The van der Waals surface area contributed by atoms with Crippen molar-refractivity contribution in [3.63, 3.8) is 0 Å². The molecule has 1 aliphatic carbocycles. The Morgan fingerprint density at radius 3 is 2.77 bits per heavy atom. The van der Waals surface area contributed by atoms with Crippen LogP contribution in [0.2, 0.25) is 0 Å².